The van der Waals surface area contributed by atoms with E-state index in [1.54, 1.807) is 19.1 Å². The van der Waals surface area contributed by atoms with E-state index in [0.29, 0.717) is 17.1 Å². The van der Waals surface area contributed by atoms with Gasteiger partial charge < -0.3 is 0 Å². The summed E-state index contributed by atoms with van der Waals surface area (Å²) in [6, 6.07) is 7.86. The van der Waals surface area contributed by atoms with Gasteiger partial charge in [0.2, 0.25) is 0 Å². The van der Waals surface area contributed by atoms with E-state index >= 15 is 0 Å². The standard InChI is InChI=1S/C18H14F3N5O/c1-11-3-8-16(25-24-11)26(2)17(27)15-10-22-9-14(23-15)12-4-6-13(7-5-12)18(19,20)21/h3-10H,1-2H3. The van der Waals surface area contributed by atoms with E-state index in [1.807, 2.05) is 0 Å². The number of benzene rings is 1. The van der Waals surface area contributed by atoms with Crippen molar-refractivity contribution in [1.29, 1.82) is 0 Å². The molecular formula is C18H14F3N5O. The molecule has 0 saturated carbocycles. The highest BCUT2D eigenvalue weighted by Gasteiger charge is 2.30. The zero-order chi connectivity index (χ0) is 19.6. The molecule has 0 atom stereocenters. The van der Waals surface area contributed by atoms with Crippen molar-refractivity contribution in [2.24, 2.45) is 0 Å². The summed E-state index contributed by atoms with van der Waals surface area (Å²) in [7, 11) is 1.52. The van der Waals surface area contributed by atoms with E-state index < -0.39 is 17.6 Å². The van der Waals surface area contributed by atoms with E-state index in [0.717, 1.165) is 12.1 Å². The summed E-state index contributed by atoms with van der Waals surface area (Å²) in [4.78, 5) is 22.1. The average Bonchev–Trinajstić information content (AvgIpc) is 2.67. The highest BCUT2D eigenvalue weighted by Crippen LogP contribution is 2.30. The minimum atomic E-state index is -4.42. The Labute approximate surface area is 152 Å². The number of alkyl halides is 3. The topological polar surface area (TPSA) is 71.9 Å². The van der Waals surface area contributed by atoms with Crippen molar-refractivity contribution in [3.05, 3.63) is 65.7 Å². The van der Waals surface area contributed by atoms with Gasteiger partial charge >= 0.3 is 6.18 Å². The number of hydrogen-bond acceptors (Lipinski definition) is 5. The van der Waals surface area contributed by atoms with Crippen LogP contribution >= 0.6 is 0 Å². The number of aryl methyl sites for hydroxylation is 1. The molecule has 1 aromatic carbocycles. The molecule has 0 radical (unpaired) electrons. The molecule has 3 aromatic rings. The van der Waals surface area contributed by atoms with Crippen molar-refractivity contribution in [2.45, 2.75) is 13.1 Å². The maximum atomic E-state index is 12.7. The van der Waals surface area contributed by atoms with Crippen molar-refractivity contribution in [1.82, 2.24) is 20.2 Å². The van der Waals surface area contributed by atoms with E-state index in [-0.39, 0.29) is 11.4 Å². The first-order chi connectivity index (χ1) is 12.8. The molecule has 9 heteroatoms. The third-order valence-electron chi connectivity index (χ3n) is 3.79. The van der Waals surface area contributed by atoms with E-state index in [9.17, 15) is 18.0 Å². The molecule has 0 fully saturated rings. The normalized spacial score (nSPS) is 11.3. The predicted molar refractivity (Wildman–Crippen MR) is 92.0 cm³/mol. The summed E-state index contributed by atoms with van der Waals surface area (Å²) in [6.07, 6.45) is -1.75. The number of hydrogen-bond donors (Lipinski definition) is 0. The first kappa shape index (κ1) is 18.4. The predicted octanol–water partition coefficient (Wildman–Crippen LogP) is 3.54. The van der Waals surface area contributed by atoms with E-state index in [4.69, 9.17) is 0 Å². The fourth-order valence-corrected chi connectivity index (χ4v) is 2.28. The fourth-order valence-electron chi connectivity index (χ4n) is 2.28. The molecule has 0 aliphatic heterocycles. The molecule has 0 saturated heterocycles. The number of halogens is 3. The molecular weight excluding hydrogens is 359 g/mol. The maximum Gasteiger partial charge on any atom is 0.416 e. The second-order valence-corrected chi connectivity index (χ2v) is 5.76. The second-order valence-electron chi connectivity index (χ2n) is 5.76. The summed E-state index contributed by atoms with van der Waals surface area (Å²) in [5, 5.41) is 7.84. The summed E-state index contributed by atoms with van der Waals surface area (Å²) in [5.41, 5.74) is 0.700. The van der Waals surface area contributed by atoms with E-state index in [1.165, 1.54) is 36.5 Å². The van der Waals surface area contributed by atoms with Crippen LogP contribution in [0.5, 0.6) is 0 Å². The van der Waals surface area contributed by atoms with Crippen LogP contribution in [0.4, 0.5) is 19.0 Å². The van der Waals surface area contributed by atoms with Crippen molar-refractivity contribution < 1.29 is 18.0 Å². The van der Waals surface area contributed by atoms with Gasteiger partial charge in [-0.05, 0) is 31.2 Å². The summed E-state index contributed by atoms with van der Waals surface area (Å²) in [6.45, 7) is 1.78. The van der Waals surface area contributed by atoms with Crippen LogP contribution in [0.1, 0.15) is 21.7 Å². The van der Waals surface area contributed by atoms with Gasteiger partial charge in [-0.2, -0.15) is 18.3 Å². The third kappa shape index (κ3) is 4.08. The minimum absolute atomic E-state index is 0.0391. The van der Waals surface area contributed by atoms with Gasteiger partial charge in [0.25, 0.3) is 5.91 Å². The molecule has 3 rings (SSSR count). The molecule has 138 valence electrons. The van der Waals surface area contributed by atoms with Gasteiger partial charge in [0.15, 0.2) is 5.82 Å². The smallest absolute Gasteiger partial charge is 0.293 e. The van der Waals surface area contributed by atoms with Gasteiger partial charge in [-0.1, -0.05) is 12.1 Å². The number of amides is 1. The van der Waals surface area contributed by atoms with Crippen LogP contribution in [0.25, 0.3) is 11.3 Å². The molecule has 27 heavy (non-hydrogen) atoms. The number of anilines is 1. The number of aromatic nitrogens is 4. The summed E-state index contributed by atoms with van der Waals surface area (Å²) >= 11 is 0. The molecule has 1 amide bonds. The second kappa shape index (κ2) is 7.10. The fraction of sp³-hybridized carbons (Fsp3) is 0.167. The van der Waals surface area contributed by atoms with Crippen molar-refractivity contribution in [2.75, 3.05) is 11.9 Å². The Bertz CT molecular complexity index is 956. The number of nitrogens with zero attached hydrogens (tertiary/aromatic N) is 5. The SMILES string of the molecule is Cc1ccc(N(C)C(=O)c2cncc(-c3ccc(C(F)(F)F)cc3)n2)nn1. The number of carbonyl (C=O) groups is 1. The van der Waals surface area contributed by atoms with Crippen LogP contribution < -0.4 is 4.90 Å². The van der Waals surface area contributed by atoms with Crippen LogP contribution in [-0.2, 0) is 6.18 Å². The van der Waals surface area contributed by atoms with Crippen molar-refractivity contribution in [3.63, 3.8) is 0 Å². The van der Waals surface area contributed by atoms with Gasteiger partial charge in [-0.3, -0.25) is 14.7 Å². The quantitative estimate of drug-likeness (QED) is 0.702. The molecule has 2 heterocycles. The average molecular weight is 373 g/mol. The highest BCUT2D eigenvalue weighted by atomic mass is 19.4. The molecule has 0 N–H and O–H groups in total. The Morgan fingerprint density at radius 1 is 1.00 bits per heavy atom. The molecule has 0 aliphatic carbocycles. The van der Waals surface area contributed by atoms with Crippen LogP contribution in [-0.4, -0.2) is 33.1 Å². The largest absolute Gasteiger partial charge is 0.416 e. The zero-order valence-electron chi connectivity index (χ0n) is 14.4. The van der Waals surface area contributed by atoms with Gasteiger partial charge in [-0.25, -0.2) is 4.98 Å². The highest BCUT2D eigenvalue weighted by molar-refractivity contribution is 6.03. The van der Waals surface area contributed by atoms with E-state index in [2.05, 4.69) is 20.2 Å². The van der Waals surface area contributed by atoms with Crippen LogP contribution in [0.2, 0.25) is 0 Å². The lowest BCUT2D eigenvalue weighted by molar-refractivity contribution is -0.137. The van der Waals surface area contributed by atoms with Gasteiger partial charge in [-0.15, -0.1) is 5.10 Å². The van der Waals surface area contributed by atoms with Crippen LogP contribution in [0.15, 0.2) is 48.8 Å². The van der Waals surface area contributed by atoms with Gasteiger partial charge in [0, 0.05) is 12.6 Å². The monoisotopic (exact) mass is 373 g/mol. The lowest BCUT2D eigenvalue weighted by atomic mass is 10.1. The Kier molecular flexibility index (Phi) is 4.85. The Morgan fingerprint density at radius 2 is 1.70 bits per heavy atom. The molecule has 0 unspecified atom stereocenters. The van der Waals surface area contributed by atoms with Crippen LogP contribution in [0, 0.1) is 6.92 Å². The van der Waals surface area contributed by atoms with Gasteiger partial charge in [0.05, 0.1) is 29.3 Å². The molecule has 6 nitrogen and oxygen atoms in total. The van der Waals surface area contributed by atoms with Crippen LogP contribution in [0.3, 0.4) is 0 Å². The number of rotatable bonds is 3. The summed E-state index contributed by atoms with van der Waals surface area (Å²) in [5.74, 6) is -0.123. The minimum Gasteiger partial charge on any atom is -0.293 e. The van der Waals surface area contributed by atoms with Crippen molar-refractivity contribution in [3.8, 4) is 11.3 Å². The Morgan fingerprint density at radius 3 is 2.30 bits per heavy atom. The maximum absolute atomic E-state index is 12.7. The lowest BCUT2D eigenvalue weighted by Gasteiger charge is -2.15. The molecule has 0 bridgehead atoms. The molecule has 2 aromatic heterocycles. The Balaban J connectivity index is 1.86. The van der Waals surface area contributed by atoms with Gasteiger partial charge in [0.1, 0.15) is 5.69 Å². The third-order valence-corrected chi connectivity index (χ3v) is 3.79. The Hall–Kier alpha value is -3.36. The number of carbonyl (C=O) groups excluding carboxylic acids is 1. The summed E-state index contributed by atoms with van der Waals surface area (Å²) < 4.78 is 38.0. The first-order valence-electron chi connectivity index (χ1n) is 7.84. The molecule has 0 aliphatic rings. The molecule has 0 spiro atoms. The van der Waals surface area contributed by atoms with Crippen molar-refractivity contribution >= 4 is 11.7 Å². The zero-order valence-corrected chi connectivity index (χ0v) is 14.4. The lowest BCUT2D eigenvalue weighted by Crippen LogP contribution is -2.28. The first-order valence-corrected chi connectivity index (χ1v) is 7.84.